The molecule has 20 heavy (non-hydrogen) atoms. The van der Waals surface area contributed by atoms with E-state index in [2.05, 4.69) is 31.3 Å². The molecule has 0 aliphatic carbocycles. The molecule has 0 spiro atoms. The molecule has 112 valence electrons. The van der Waals surface area contributed by atoms with Gasteiger partial charge in [-0.3, -0.25) is 4.79 Å². The maximum absolute atomic E-state index is 11.6. The maximum atomic E-state index is 11.6. The van der Waals surface area contributed by atoms with Crippen LogP contribution >= 0.6 is 11.8 Å². The quantitative estimate of drug-likeness (QED) is 0.674. The Hall–Kier alpha value is -1.00. The van der Waals surface area contributed by atoms with Crippen molar-refractivity contribution in [2.75, 3.05) is 25.5 Å². The summed E-state index contributed by atoms with van der Waals surface area (Å²) in [4.78, 5) is 11.6. The highest BCUT2D eigenvalue weighted by atomic mass is 32.2. The van der Waals surface area contributed by atoms with Crippen molar-refractivity contribution in [3.63, 3.8) is 0 Å². The van der Waals surface area contributed by atoms with Gasteiger partial charge in [-0.05, 0) is 24.5 Å². The first-order valence-electron chi connectivity index (χ1n) is 7.20. The van der Waals surface area contributed by atoms with Gasteiger partial charge in [-0.25, -0.2) is 0 Å². The number of hydrogen-bond acceptors (Lipinski definition) is 3. The van der Waals surface area contributed by atoms with Crippen LogP contribution < -0.4 is 5.32 Å². The van der Waals surface area contributed by atoms with Gasteiger partial charge >= 0.3 is 0 Å². The normalized spacial score (nSPS) is 10.5. The third-order valence-electron chi connectivity index (χ3n) is 2.96. The Morgan fingerprint density at radius 1 is 1.30 bits per heavy atom. The average molecular weight is 295 g/mol. The molecule has 1 aromatic rings. The standard InChI is InChI=1S/C16H25NO2S/c1-3-4-10-19-11-9-17-16(18)13-20-12-15-8-6-5-7-14(15)2/h5-8H,3-4,9-13H2,1-2H3,(H,17,18). The van der Waals surface area contributed by atoms with Crippen LogP contribution in [0.15, 0.2) is 24.3 Å². The SMILES string of the molecule is CCCCOCCNC(=O)CSCc1ccccc1C. The lowest BCUT2D eigenvalue weighted by Crippen LogP contribution is -2.28. The molecule has 1 N–H and O–H groups in total. The highest BCUT2D eigenvalue weighted by Crippen LogP contribution is 2.15. The number of hydrogen-bond donors (Lipinski definition) is 1. The van der Waals surface area contributed by atoms with Gasteiger partial charge in [-0.15, -0.1) is 11.8 Å². The van der Waals surface area contributed by atoms with Gasteiger partial charge in [0.25, 0.3) is 0 Å². The molecule has 0 aliphatic heterocycles. The van der Waals surface area contributed by atoms with Gasteiger partial charge in [0.15, 0.2) is 0 Å². The summed E-state index contributed by atoms with van der Waals surface area (Å²) in [5.74, 6) is 1.47. The molecule has 1 rings (SSSR count). The van der Waals surface area contributed by atoms with E-state index >= 15 is 0 Å². The van der Waals surface area contributed by atoms with Crippen LogP contribution in [0.1, 0.15) is 30.9 Å². The van der Waals surface area contributed by atoms with Crippen molar-refractivity contribution in [1.82, 2.24) is 5.32 Å². The topological polar surface area (TPSA) is 38.3 Å². The molecule has 0 atom stereocenters. The number of benzene rings is 1. The minimum Gasteiger partial charge on any atom is -0.380 e. The fourth-order valence-corrected chi connectivity index (χ4v) is 2.62. The molecule has 0 fully saturated rings. The summed E-state index contributed by atoms with van der Waals surface area (Å²) in [5.41, 5.74) is 2.58. The lowest BCUT2D eigenvalue weighted by molar-refractivity contribution is -0.118. The Morgan fingerprint density at radius 3 is 2.85 bits per heavy atom. The predicted octanol–water partition coefficient (Wildman–Crippen LogP) is 3.16. The molecule has 0 heterocycles. The lowest BCUT2D eigenvalue weighted by Gasteiger charge is -2.07. The zero-order chi connectivity index (χ0) is 14.6. The third kappa shape index (κ3) is 7.56. The highest BCUT2D eigenvalue weighted by molar-refractivity contribution is 7.99. The summed E-state index contributed by atoms with van der Waals surface area (Å²) in [6.07, 6.45) is 2.22. The second kappa shape index (κ2) is 10.7. The average Bonchev–Trinajstić information content (AvgIpc) is 2.45. The smallest absolute Gasteiger partial charge is 0.230 e. The largest absolute Gasteiger partial charge is 0.380 e. The van der Waals surface area contributed by atoms with E-state index in [0.29, 0.717) is 18.9 Å². The predicted molar refractivity (Wildman–Crippen MR) is 86.1 cm³/mol. The molecule has 0 saturated carbocycles. The number of aryl methyl sites for hydroxylation is 1. The van der Waals surface area contributed by atoms with Crippen molar-refractivity contribution >= 4 is 17.7 Å². The highest BCUT2D eigenvalue weighted by Gasteiger charge is 2.02. The molecule has 0 radical (unpaired) electrons. The summed E-state index contributed by atoms with van der Waals surface area (Å²) in [6.45, 7) is 6.23. The zero-order valence-corrected chi connectivity index (χ0v) is 13.3. The van der Waals surface area contributed by atoms with Crippen LogP contribution in [0, 0.1) is 6.92 Å². The van der Waals surface area contributed by atoms with Crippen LogP contribution in [0.4, 0.5) is 0 Å². The lowest BCUT2D eigenvalue weighted by atomic mass is 10.1. The molecule has 0 bridgehead atoms. The second-order valence-electron chi connectivity index (χ2n) is 4.74. The van der Waals surface area contributed by atoms with Crippen LogP contribution in [0.3, 0.4) is 0 Å². The minimum absolute atomic E-state index is 0.0858. The van der Waals surface area contributed by atoms with E-state index in [9.17, 15) is 4.79 Å². The van der Waals surface area contributed by atoms with Crippen molar-refractivity contribution in [3.8, 4) is 0 Å². The van der Waals surface area contributed by atoms with Crippen LogP contribution in [0.5, 0.6) is 0 Å². The summed E-state index contributed by atoms with van der Waals surface area (Å²) in [6, 6.07) is 8.29. The Balaban J connectivity index is 2.04. The van der Waals surface area contributed by atoms with Gasteiger partial charge in [0.05, 0.1) is 12.4 Å². The van der Waals surface area contributed by atoms with Gasteiger partial charge in [-0.1, -0.05) is 37.6 Å². The van der Waals surface area contributed by atoms with E-state index < -0.39 is 0 Å². The van der Waals surface area contributed by atoms with E-state index in [0.717, 1.165) is 25.2 Å². The van der Waals surface area contributed by atoms with Gasteiger partial charge in [0.2, 0.25) is 5.91 Å². The fourth-order valence-electron chi connectivity index (χ4n) is 1.69. The van der Waals surface area contributed by atoms with Gasteiger partial charge < -0.3 is 10.1 Å². The van der Waals surface area contributed by atoms with Crippen molar-refractivity contribution in [3.05, 3.63) is 35.4 Å². The van der Waals surface area contributed by atoms with Crippen molar-refractivity contribution in [1.29, 1.82) is 0 Å². The molecule has 4 heteroatoms. The monoisotopic (exact) mass is 295 g/mol. The number of carbonyl (C=O) groups is 1. The molecule has 0 saturated heterocycles. The van der Waals surface area contributed by atoms with Crippen molar-refractivity contribution < 1.29 is 9.53 Å². The number of unbranched alkanes of at least 4 members (excludes halogenated alkanes) is 1. The molecule has 0 aromatic heterocycles. The van der Waals surface area contributed by atoms with E-state index in [1.165, 1.54) is 11.1 Å². The van der Waals surface area contributed by atoms with Gasteiger partial charge in [0.1, 0.15) is 0 Å². The first kappa shape index (κ1) is 17.1. The Labute approximate surface area is 126 Å². The molecule has 0 aliphatic rings. The Bertz CT molecular complexity index is 396. The Kier molecular flexibility index (Phi) is 9.16. The number of carbonyl (C=O) groups excluding carboxylic acids is 1. The summed E-state index contributed by atoms with van der Waals surface area (Å²) < 4.78 is 5.39. The first-order valence-corrected chi connectivity index (χ1v) is 8.36. The molecular formula is C16H25NO2S. The zero-order valence-electron chi connectivity index (χ0n) is 12.5. The molecule has 1 amide bonds. The number of amides is 1. The summed E-state index contributed by atoms with van der Waals surface area (Å²) in [5, 5.41) is 2.88. The number of rotatable bonds is 10. The molecule has 3 nitrogen and oxygen atoms in total. The molecule has 0 unspecified atom stereocenters. The van der Waals surface area contributed by atoms with E-state index in [1.54, 1.807) is 11.8 Å². The summed E-state index contributed by atoms with van der Waals surface area (Å²) in [7, 11) is 0. The molecular weight excluding hydrogens is 270 g/mol. The van der Waals surface area contributed by atoms with E-state index in [-0.39, 0.29) is 5.91 Å². The molecule has 1 aromatic carbocycles. The van der Waals surface area contributed by atoms with Crippen LogP contribution in [-0.2, 0) is 15.3 Å². The van der Waals surface area contributed by atoms with Crippen LogP contribution in [-0.4, -0.2) is 31.4 Å². The third-order valence-corrected chi connectivity index (χ3v) is 3.94. The number of ether oxygens (including phenoxy) is 1. The van der Waals surface area contributed by atoms with Crippen LogP contribution in [0.25, 0.3) is 0 Å². The number of thioether (sulfide) groups is 1. The van der Waals surface area contributed by atoms with E-state index in [1.807, 2.05) is 12.1 Å². The van der Waals surface area contributed by atoms with Crippen LogP contribution in [0.2, 0.25) is 0 Å². The second-order valence-corrected chi connectivity index (χ2v) is 5.72. The van der Waals surface area contributed by atoms with Gasteiger partial charge in [-0.2, -0.15) is 0 Å². The number of nitrogens with one attached hydrogen (secondary N) is 1. The summed E-state index contributed by atoms with van der Waals surface area (Å²) >= 11 is 1.65. The van der Waals surface area contributed by atoms with Gasteiger partial charge in [0, 0.05) is 18.9 Å². The van der Waals surface area contributed by atoms with E-state index in [4.69, 9.17) is 4.74 Å². The van der Waals surface area contributed by atoms with Crippen molar-refractivity contribution in [2.45, 2.75) is 32.4 Å². The maximum Gasteiger partial charge on any atom is 0.230 e. The fraction of sp³-hybridized carbons (Fsp3) is 0.562. The van der Waals surface area contributed by atoms with Crippen molar-refractivity contribution in [2.24, 2.45) is 0 Å². The Morgan fingerprint density at radius 2 is 2.10 bits per heavy atom. The first-order chi connectivity index (χ1) is 9.74. The minimum atomic E-state index is 0.0858.